The summed E-state index contributed by atoms with van der Waals surface area (Å²) >= 11 is 1.34. The summed E-state index contributed by atoms with van der Waals surface area (Å²) in [5, 5.41) is 4.35. The van der Waals surface area contributed by atoms with Gasteiger partial charge in [0, 0.05) is 24.2 Å². The molecule has 1 heterocycles. The predicted molar refractivity (Wildman–Crippen MR) is 92.3 cm³/mol. The van der Waals surface area contributed by atoms with Crippen LogP contribution in [0.4, 0.5) is 0 Å². The fourth-order valence-corrected chi connectivity index (χ4v) is 2.80. The van der Waals surface area contributed by atoms with Crippen LogP contribution in [0.25, 0.3) is 0 Å². The van der Waals surface area contributed by atoms with Gasteiger partial charge < -0.3 is 24.1 Å². The second kappa shape index (κ2) is 8.34. The zero-order valence-electron chi connectivity index (χ0n) is 14.4. The third-order valence-electron chi connectivity index (χ3n) is 3.31. The van der Waals surface area contributed by atoms with Gasteiger partial charge in [-0.05, 0) is 12.1 Å². The van der Waals surface area contributed by atoms with Crippen LogP contribution >= 0.6 is 11.3 Å². The summed E-state index contributed by atoms with van der Waals surface area (Å²) in [5.74, 6) is 0.206. The summed E-state index contributed by atoms with van der Waals surface area (Å²) in [5.41, 5.74) is 0.281. The molecule has 1 aromatic heterocycles. The van der Waals surface area contributed by atoms with Crippen LogP contribution in [0.3, 0.4) is 0 Å². The Morgan fingerprint density at radius 1 is 1.16 bits per heavy atom. The van der Waals surface area contributed by atoms with Crippen molar-refractivity contribution in [1.29, 1.82) is 0 Å². The number of carbonyl (C=O) groups is 2. The summed E-state index contributed by atoms with van der Waals surface area (Å²) in [6.07, 6.45) is 1.80. The van der Waals surface area contributed by atoms with Crippen LogP contribution in [0.2, 0.25) is 0 Å². The van der Waals surface area contributed by atoms with E-state index in [0.717, 1.165) is 0 Å². The van der Waals surface area contributed by atoms with E-state index < -0.39 is 11.8 Å². The summed E-state index contributed by atoms with van der Waals surface area (Å²) in [6.45, 7) is -0.215. The molecule has 2 rings (SSSR count). The Morgan fingerprint density at radius 2 is 1.80 bits per heavy atom. The van der Waals surface area contributed by atoms with Crippen molar-refractivity contribution in [2.24, 2.45) is 12.0 Å². The van der Waals surface area contributed by atoms with Crippen molar-refractivity contribution in [3.05, 3.63) is 34.1 Å². The maximum atomic E-state index is 12.3. The SMILES string of the molecule is COc1cc(C(=O)NCC(=O)N=c2sccn2C)cc(OC)c1OC. The maximum Gasteiger partial charge on any atom is 0.267 e. The smallest absolute Gasteiger partial charge is 0.267 e. The highest BCUT2D eigenvalue weighted by Gasteiger charge is 2.17. The lowest BCUT2D eigenvalue weighted by molar-refractivity contribution is -0.117. The van der Waals surface area contributed by atoms with Crippen LogP contribution in [0.1, 0.15) is 10.4 Å². The number of amides is 2. The summed E-state index contributed by atoms with van der Waals surface area (Å²) in [4.78, 5) is 28.7. The monoisotopic (exact) mass is 365 g/mol. The largest absolute Gasteiger partial charge is 0.493 e. The normalized spacial score (nSPS) is 11.1. The Hall–Kier alpha value is -2.81. The van der Waals surface area contributed by atoms with Crippen LogP contribution in [-0.2, 0) is 11.8 Å². The van der Waals surface area contributed by atoms with Crippen molar-refractivity contribution in [1.82, 2.24) is 9.88 Å². The molecule has 8 nitrogen and oxygen atoms in total. The molecule has 9 heteroatoms. The number of aromatic nitrogens is 1. The molecule has 1 N–H and O–H groups in total. The highest BCUT2D eigenvalue weighted by atomic mass is 32.1. The molecule has 0 fully saturated rings. The lowest BCUT2D eigenvalue weighted by atomic mass is 10.1. The Balaban J connectivity index is 2.13. The standard InChI is InChI=1S/C16H19N3O5S/c1-19-5-6-25-16(19)18-13(20)9-17-15(21)10-7-11(22-2)14(24-4)12(8-10)23-3/h5-8H,9H2,1-4H3,(H,17,21). The summed E-state index contributed by atoms with van der Waals surface area (Å²) < 4.78 is 17.3. The molecule has 0 saturated carbocycles. The minimum absolute atomic E-state index is 0.215. The quantitative estimate of drug-likeness (QED) is 0.824. The van der Waals surface area contributed by atoms with Gasteiger partial charge in [0.15, 0.2) is 16.3 Å². The third kappa shape index (κ3) is 4.38. The molecule has 0 atom stereocenters. The first-order valence-corrected chi connectivity index (χ1v) is 8.14. The van der Waals surface area contributed by atoms with Gasteiger partial charge in [-0.2, -0.15) is 4.99 Å². The van der Waals surface area contributed by atoms with E-state index in [2.05, 4.69) is 10.3 Å². The summed E-state index contributed by atoms with van der Waals surface area (Å²) in [7, 11) is 6.19. The molecular formula is C16H19N3O5S. The highest BCUT2D eigenvalue weighted by molar-refractivity contribution is 7.07. The minimum Gasteiger partial charge on any atom is -0.493 e. The van der Waals surface area contributed by atoms with Crippen molar-refractivity contribution in [2.75, 3.05) is 27.9 Å². The molecule has 2 aromatic rings. The van der Waals surface area contributed by atoms with E-state index in [1.807, 2.05) is 5.38 Å². The Kier molecular flexibility index (Phi) is 6.18. The number of hydrogen-bond donors (Lipinski definition) is 1. The molecule has 0 saturated heterocycles. The maximum absolute atomic E-state index is 12.3. The van der Waals surface area contributed by atoms with Gasteiger partial charge >= 0.3 is 0 Å². The molecule has 134 valence electrons. The third-order valence-corrected chi connectivity index (χ3v) is 4.15. The summed E-state index contributed by atoms with van der Waals surface area (Å²) in [6, 6.07) is 3.02. The van der Waals surface area contributed by atoms with Crippen molar-refractivity contribution < 1.29 is 23.8 Å². The van der Waals surface area contributed by atoms with Gasteiger partial charge in [-0.1, -0.05) is 0 Å². The van der Waals surface area contributed by atoms with Crippen molar-refractivity contribution in [3.63, 3.8) is 0 Å². The first-order chi connectivity index (χ1) is 12.0. The van der Waals surface area contributed by atoms with Gasteiger partial charge in [0.2, 0.25) is 5.75 Å². The van der Waals surface area contributed by atoms with Crippen LogP contribution in [-0.4, -0.2) is 44.3 Å². The molecule has 25 heavy (non-hydrogen) atoms. The fourth-order valence-electron chi connectivity index (χ4n) is 2.05. The van der Waals surface area contributed by atoms with E-state index >= 15 is 0 Å². The van der Waals surface area contributed by atoms with E-state index in [1.165, 1.54) is 44.8 Å². The molecule has 0 aliphatic rings. The zero-order valence-corrected chi connectivity index (χ0v) is 15.2. The van der Waals surface area contributed by atoms with Crippen LogP contribution in [0, 0.1) is 0 Å². The van der Waals surface area contributed by atoms with E-state index in [9.17, 15) is 9.59 Å². The van der Waals surface area contributed by atoms with E-state index in [0.29, 0.717) is 22.0 Å². The van der Waals surface area contributed by atoms with E-state index in [1.54, 1.807) is 17.8 Å². The van der Waals surface area contributed by atoms with Crippen molar-refractivity contribution >= 4 is 23.2 Å². The van der Waals surface area contributed by atoms with Gasteiger partial charge in [-0.3, -0.25) is 9.59 Å². The lowest BCUT2D eigenvalue weighted by Gasteiger charge is -2.13. The molecule has 0 bridgehead atoms. The van der Waals surface area contributed by atoms with Crippen molar-refractivity contribution in [3.8, 4) is 17.2 Å². The zero-order chi connectivity index (χ0) is 18.4. The van der Waals surface area contributed by atoms with Crippen LogP contribution < -0.4 is 24.3 Å². The predicted octanol–water partition coefficient (Wildman–Crippen LogP) is 0.970. The number of methoxy groups -OCH3 is 3. The molecule has 0 radical (unpaired) electrons. The minimum atomic E-state index is -0.446. The molecule has 0 spiro atoms. The van der Waals surface area contributed by atoms with Gasteiger partial charge in [0.1, 0.15) is 0 Å². The second-order valence-electron chi connectivity index (χ2n) is 4.90. The average Bonchev–Trinajstić information content (AvgIpc) is 3.02. The van der Waals surface area contributed by atoms with E-state index in [-0.39, 0.29) is 12.1 Å². The number of carbonyl (C=O) groups excluding carboxylic acids is 2. The van der Waals surface area contributed by atoms with Crippen LogP contribution in [0.15, 0.2) is 28.7 Å². The molecule has 1 aromatic carbocycles. The fraction of sp³-hybridized carbons (Fsp3) is 0.312. The Labute approximate surface area is 148 Å². The van der Waals surface area contributed by atoms with Gasteiger partial charge in [0.05, 0.1) is 27.9 Å². The van der Waals surface area contributed by atoms with Gasteiger partial charge in [0.25, 0.3) is 11.8 Å². The Morgan fingerprint density at radius 3 is 2.28 bits per heavy atom. The molecule has 0 unspecified atom stereocenters. The van der Waals surface area contributed by atoms with Gasteiger partial charge in [-0.25, -0.2) is 0 Å². The topological polar surface area (TPSA) is 91.2 Å². The first kappa shape index (κ1) is 18.5. The molecule has 0 aliphatic carbocycles. The molecule has 0 aliphatic heterocycles. The van der Waals surface area contributed by atoms with Crippen molar-refractivity contribution in [2.45, 2.75) is 0 Å². The first-order valence-electron chi connectivity index (χ1n) is 7.26. The number of aryl methyl sites for hydroxylation is 1. The molecule has 2 amide bonds. The van der Waals surface area contributed by atoms with Gasteiger partial charge in [-0.15, -0.1) is 11.3 Å². The lowest BCUT2D eigenvalue weighted by Crippen LogP contribution is -2.30. The number of thiazole rings is 1. The highest BCUT2D eigenvalue weighted by Crippen LogP contribution is 2.38. The van der Waals surface area contributed by atoms with Crippen LogP contribution in [0.5, 0.6) is 17.2 Å². The number of nitrogens with zero attached hydrogens (tertiary/aromatic N) is 2. The Bertz CT molecular complexity index is 815. The average molecular weight is 365 g/mol. The number of ether oxygens (including phenoxy) is 3. The number of hydrogen-bond acceptors (Lipinski definition) is 6. The molecular weight excluding hydrogens is 346 g/mol. The number of nitrogens with one attached hydrogen (secondary N) is 1. The number of rotatable bonds is 6. The number of benzene rings is 1. The second-order valence-corrected chi connectivity index (χ2v) is 5.77. The van der Waals surface area contributed by atoms with E-state index in [4.69, 9.17) is 14.2 Å².